The lowest BCUT2D eigenvalue weighted by Gasteiger charge is -2.22. The van der Waals surface area contributed by atoms with Gasteiger partial charge in [-0.25, -0.2) is 0 Å². The Hall–Kier alpha value is -3.26. The molecule has 0 aromatic rings. The van der Waals surface area contributed by atoms with Crippen LogP contribution < -0.4 is 27.4 Å². The van der Waals surface area contributed by atoms with Crippen molar-refractivity contribution in [1.82, 2.24) is 16.0 Å². The summed E-state index contributed by atoms with van der Waals surface area (Å²) in [6, 6.07) is -6.06. The Labute approximate surface area is 158 Å². The summed E-state index contributed by atoms with van der Waals surface area (Å²) in [6.45, 7) is 0.211. The monoisotopic (exact) mass is 405 g/mol. The standard InChI is InChI=1S/C14H23N5O9/c1-5(14(27)28)17-13(26)8(4-20)19-12(25)7(3-10(22)23)18-11(24)6(15)2-9(16)21/h5-8,20H,2-4,15H2,1H3,(H2,16,21)(H,17,26)(H,18,24)(H,19,25)(H,22,23)(H,27,28). The van der Waals surface area contributed by atoms with Crippen LogP contribution in [-0.4, -0.2) is 81.7 Å². The van der Waals surface area contributed by atoms with E-state index in [-0.39, 0.29) is 0 Å². The molecule has 0 aliphatic carbocycles. The molecule has 0 saturated carbocycles. The molecule has 0 saturated heterocycles. The quantitative estimate of drug-likeness (QED) is 0.154. The van der Waals surface area contributed by atoms with E-state index < -0.39 is 79.2 Å². The molecule has 0 rings (SSSR count). The second kappa shape index (κ2) is 11.5. The number of hydrogen-bond donors (Lipinski definition) is 8. The third-order valence-corrected chi connectivity index (χ3v) is 3.31. The summed E-state index contributed by atoms with van der Waals surface area (Å²) in [5.74, 6) is -6.98. The van der Waals surface area contributed by atoms with Gasteiger partial charge in [0.15, 0.2) is 0 Å². The van der Waals surface area contributed by atoms with Crippen molar-refractivity contribution in [2.45, 2.75) is 43.9 Å². The number of carboxylic acids is 2. The molecule has 0 aromatic carbocycles. The minimum Gasteiger partial charge on any atom is -0.481 e. The number of hydrogen-bond acceptors (Lipinski definition) is 8. The molecule has 158 valence electrons. The third kappa shape index (κ3) is 8.91. The third-order valence-electron chi connectivity index (χ3n) is 3.31. The van der Waals surface area contributed by atoms with Crippen LogP contribution in [0.1, 0.15) is 19.8 Å². The van der Waals surface area contributed by atoms with Gasteiger partial charge in [0.05, 0.1) is 25.5 Å². The molecule has 4 unspecified atom stereocenters. The Morgan fingerprint density at radius 1 is 0.857 bits per heavy atom. The SMILES string of the molecule is CC(NC(=O)C(CO)NC(=O)C(CC(=O)O)NC(=O)C(N)CC(N)=O)C(=O)O. The van der Waals surface area contributed by atoms with Crippen LogP contribution in [-0.2, 0) is 28.8 Å². The van der Waals surface area contributed by atoms with Crippen LogP contribution in [0.15, 0.2) is 0 Å². The highest BCUT2D eigenvalue weighted by Gasteiger charge is 2.30. The van der Waals surface area contributed by atoms with Gasteiger partial charge in [-0.2, -0.15) is 0 Å². The number of carboxylic acid groups (broad SMARTS) is 2. The zero-order valence-electron chi connectivity index (χ0n) is 14.9. The molecule has 0 heterocycles. The zero-order chi connectivity index (χ0) is 22.0. The fourth-order valence-electron chi connectivity index (χ4n) is 1.81. The lowest BCUT2D eigenvalue weighted by atomic mass is 10.1. The minimum atomic E-state index is -1.69. The molecular weight excluding hydrogens is 382 g/mol. The summed E-state index contributed by atoms with van der Waals surface area (Å²) in [7, 11) is 0. The van der Waals surface area contributed by atoms with Gasteiger partial charge in [0.25, 0.3) is 0 Å². The molecule has 14 nitrogen and oxygen atoms in total. The van der Waals surface area contributed by atoms with Crippen LogP contribution in [0.5, 0.6) is 0 Å². The Bertz CT molecular complexity index is 639. The van der Waals surface area contributed by atoms with Crippen molar-refractivity contribution in [2.75, 3.05) is 6.61 Å². The highest BCUT2D eigenvalue weighted by Crippen LogP contribution is 1.98. The number of nitrogens with two attached hydrogens (primary N) is 2. The molecule has 0 fully saturated rings. The Kier molecular flexibility index (Phi) is 10.1. The topological polar surface area (TPSA) is 251 Å². The van der Waals surface area contributed by atoms with Crippen molar-refractivity contribution in [3.05, 3.63) is 0 Å². The van der Waals surface area contributed by atoms with Crippen LogP contribution in [0.25, 0.3) is 0 Å². The summed E-state index contributed by atoms with van der Waals surface area (Å²) < 4.78 is 0. The number of amides is 4. The van der Waals surface area contributed by atoms with E-state index in [1.807, 2.05) is 16.0 Å². The Balaban J connectivity index is 5.14. The van der Waals surface area contributed by atoms with E-state index in [1.165, 1.54) is 0 Å². The molecule has 0 aliphatic heterocycles. The van der Waals surface area contributed by atoms with Crippen molar-refractivity contribution in [3.8, 4) is 0 Å². The number of aliphatic hydroxyl groups excluding tert-OH is 1. The second-order valence-electron chi connectivity index (χ2n) is 5.75. The van der Waals surface area contributed by atoms with E-state index in [1.54, 1.807) is 0 Å². The zero-order valence-corrected chi connectivity index (χ0v) is 14.9. The van der Waals surface area contributed by atoms with Gasteiger partial charge in [-0.1, -0.05) is 0 Å². The first-order valence-corrected chi connectivity index (χ1v) is 7.89. The maximum absolute atomic E-state index is 12.2. The summed E-state index contributed by atoms with van der Waals surface area (Å²) in [5.41, 5.74) is 10.3. The first-order valence-electron chi connectivity index (χ1n) is 7.89. The normalized spacial score (nSPS) is 14.7. The lowest BCUT2D eigenvalue weighted by Crippen LogP contribution is -2.58. The van der Waals surface area contributed by atoms with Crippen molar-refractivity contribution in [1.29, 1.82) is 0 Å². The Morgan fingerprint density at radius 2 is 1.36 bits per heavy atom. The van der Waals surface area contributed by atoms with E-state index >= 15 is 0 Å². The van der Waals surface area contributed by atoms with E-state index in [0.29, 0.717) is 0 Å². The van der Waals surface area contributed by atoms with Crippen molar-refractivity contribution in [3.63, 3.8) is 0 Å². The maximum atomic E-state index is 12.2. The second-order valence-corrected chi connectivity index (χ2v) is 5.75. The van der Waals surface area contributed by atoms with Crippen molar-refractivity contribution in [2.24, 2.45) is 11.5 Å². The average molecular weight is 405 g/mol. The van der Waals surface area contributed by atoms with E-state index in [0.717, 1.165) is 6.92 Å². The summed E-state index contributed by atoms with van der Waals surface area (Å²) >= 11 is 0. The highest BCUT2D eigenvalue weighted by atomic mass is 16.4. The number of aliphatic carboxylic acids is 2. The lowest BCUT2D eigenvalue weighted by molar-refractivity contribution is -0.143. The van der Waals surface area contributed by atoms with Gasteiger partial charge in [0.1, 0.15) is 18.1 Å². The molecule has 4 amide bonds. The molecule has 0 aromatic heterocycles. The number of carbonyl (C=O) groups is 6. The maximum Gasteiger partial charge on any atom is 0.325 e. The summed E-state index contributed by atoms with van der Waals surface area (Å²) in [6.07, 6.45) is -1.45. The molecular formula is C14H23N5O9. The van der Waals surface area contributed by atoms with Gasteiger partial charge in [-0.15, -0.1) is 0 Å². The number of primary amides is 1. The predicted octanol–water partition coefficient (Wildman–Crippen LogP) is -4.78. The minimum absolute atomic E-state index is 0.554. The fraction of sp³-hybridized carbons (Fsp3) is 0.571. The molecule has 0 bridgehead atoms. The number of aliphatic hydroxyl groups is 1. The molecule has 28 heavy (non-hydrogen) atoms. The Morgan fingerprint density at radius 3 is 1.79 bits per heavy atom. The largest absolute Gasteiger partial charge is 0.481 e. The molecule has 0 spiro atoms. The van der Waals surface area contributed by atoms with Gasteiger partial charge >= 0.3 is 11.9 Å². The van der Waals surface area contributed by atoms with Gasteiger partial charge in [0, 0.05) is 0 Å². The highest BCUT2D eigenvalue weighted by molar-refractivity contribution is 5.96. The predicted molar refractivity (Wildman–Crippen MR) is 90.2 cm³/mol. The van der Waals surface area contributed by atoms with Crippen LogP contribution in [0.4, 0.5) is 0 Å². The summed E-state index contributed by atoms with van der Waals surface area (Å²) in [5, 5.41) is 32.9. The average Bonchev–Trinajstić information content (AvgIpc) is 2.57. The first kappa shape index (κ1) is 24.7. The molecule has 4 atom stereocenters. The van der Waals surface area contributed by atoms with Gasteiger partial charge < -0.3 is 42.7 Å². The number of rotatable bonds is 12. The molecule has 0 aliphatic rings. The molecule has 10 N–H and O–H groups in total. The van der Waals surface area contributed by atoms with Crippen molar-refractivity contribution >= 4 is 35.6 Å². The van der Waals surface area contributed by atoms with E-state index in [4.69, 9.17) is 21.7 Å². The number of nitrogens with one attached hydrogen (secondary N) is 3. The summed E-state index contributed by atoms with van der Waals surface area (Å²) in [4.78, 5) is 68.4. The van der Waals surface area contributed by atoms with Gasteiger partial charge in [-0.3, -0.25) is 28.8 Å². The van der Waals surface area contributed by atoms with Gasteiger partial charge in [-0.05, 0) is 6.92 Å². The van der Waals surface area contributed by atoms with Crippen LogP contribution >= 0.6 is 0 Å². The van der Waals surface area contributed by atoms with Gasteiger partial charge in [0.2, 0.25) is 23.6 Å². The number of carbonyl (C=O) groups excluding carboxylic acids is 4. The van der Waals surface area contributed by atoms with E-state index in [2.05, 4.69) is 0 Å². The fourth-order valence-corrected chi connectivity index (χ4v) is 1.81. The molecule has 14 heteroatoms. The smallest absolute Gasteiger partial charge is 0.325 e. The van der Waals surface area contributed by atoms with Crippen LogP contribution in [0.2, 0.25) is 0 Å². The van der Waals surface area contributed by atoms with Crippen LogP contribution in [0.3, 0.4) is 0 Å². The van der Waals surface area contributed by atoms with Crippen LogP contribution in [0, 0.1) is 0 Å². The molecule has 0 radical (unpaired) electrons. The van der Waals surface area contributed by atoms with E-state index in [9.17, 15) is 33.9 Å². The van der Waals surface area contributed by atoms with Crippen molar-refractivity contribution < 1.29 is 44.1 Å². The first-order chi connectivity index (χ1) is 12.9.